The van der Waals surface area contributed by atoms with Gasteiger partial charge in [-0.3, -0.25) is 10.1 Å². The average Bonchev–Trinajstić information content (AvgIpc) is 2.88. The Kier molecular flexibility index (Phi) is 4.41. The van der Waals surface area contributed by atoms with Gasteiger partial charge in [-0.05, 0) is 39.0 Å². The summed E-state index contributed by atoms with van der Waals surface area (Å²) in [7, 11) is 0. The number of amides is 1. The van der Waals surface area contributed by atoms with Crippen LogP contribution in [-0.4, -0.2) is 35.0 Å². The molecule has 124 valence electrons. The molecule has 0 saturated carbocycles. The van der Waals surface area contributed by atoms with E-state index in [9.17, 15) is 4.79 Å². The summed E-state index contributed by atoms with van der Waals surface area (Å²) in [6, 6.07) is 9.26. The van der Waals surface area contributed by atoms with Gasteiger partial charge in [-0.1, -0.05) is 12.1 Å². The van der Waals surface area contributed by atoms with E-state index in [0.717, 1.165) is 11.4 Å². The first-order valence-corrected chi connectivity index (χ1v) is 7.77. The van der Waals surface area contributed by atoms with Crippen LogP contribution in [0.4, 0.5) is 11.6 Å². The fourth-order valence-electron chi connectivity index (χ4n) is 2.55. The highest BCUT2D eigenvalue weighted by Gasteiger charge is 2.30. The molecular formula is C17H19N5O2. The van der Waals surface area contributed by atoms with Crippen molar-refractivity contribution >= 4 is 23.5 Å². The monoisotopic (exact) mass is 325 g/mol. The molecule has 24 heavy (non-hydrogen) atoms. The molecule has 1 aromatic heterocycles. The second-order valence-electron chi connectivity index (χ2n) is 5.37. The number of carbonyl (C=O) groups is 1. The molecule has 0 spiro atoms. The van der Waals surface area contributed by atoms with Gasteiger partial charge in [-0.15, -0.1) is 0 Å². The highest BCUT2D eigenvalue weighted by atomic mass is 16.5. The van der Waals surface area contributed by atoms with Gasteiger partial charge in [-0.25, -0.2) is 19.9 Å². The Labute approximate surface area is 140 Å². The SMILES string of the molecule is CCOc1ccccc1N1C(=O)CN=C1Nc1nc(C)cc(C)n1. The Morgan fingerprint density at radius 3 is 2.62 bits per heavy atom. The van der Waals surface area contributed by atoms with E-state index in [1.165, 1.54) is 4.90 Å². The number of nitrogens with zero attached hydrogens (tertiary/aromatic N) is 4. The molecule has 1 N–H and O–H groups in total. The van der Waals surface area contributed by atoms with E-state index in [-0.39, 0.29) is 12.5 Å². The number of ether oxygens (including phenoxy) is 1. The molecule has 0 unspecified atom stereocenters. The summed E-state index contributed by atoms with van der Waals surface area (Å²) >= 11 is 0. The molecule has 0 aliphatic carbocycles. The number of benzene rings is 1. The van der Waals surface area contributed by atoms with E-state index in [2.05, 4.69) is 20.3 Å². The van der Waals surface area contributed by atoms with Crippen LogP contribution in [0, 0.1) is 13.8 Å². The summed E-state index contributed by atoms with van der Waals surface area (Å²) in [4.78, 5) is 26.8. The van der Waals surface area contributed by atoms with Gasteiger partial charge in [0.05, 0.1) is 12.3 Å². The van der Waals surface area contributed by atoms with E-state index < -0.39 is 0 Å². The maximum Gasteiger partial charge on any atom is 0.255 e. The van der Waals surface area contributed by atoms with Crippen molar-refractivity contribution in [2.45, 2.75) is 20.8 Å². The maximum atomic E-state index is 12.3. The topological polar surface area (TPSA) is 79.7 Å². The molecule has 1 aromatic carbocycles. The first-order valence-electron chi connectivity index (χ1n) is 7.77. The number of carbonyl (C=O) groups excluding carboxylic acids is 1. The molecule has 2 heterocycles. The van der Waals surface area contributed by atoms with Gasteiger partial charge >= 0.3 is 0 Å². The lowest BCUT2D eigenvalue weighted by Crippen LogP contribution is -2.37. The van der Waals surface area contributed by atoms with Crippen molar-refractivity contribution in [1.82, 2.24) is 9.97 Å². The zero-order valence-electron chi connectivity index (χ0n) is 13.9. The quantitative estimate of drug-likeness (QED) is 0.933. The van der Waals surface area contributed by atoms with Crippen molar-refractivity contribution in [3.63, 3.8) is 0 Å². The molecule has 7 nitrogen and oxygen atoms in total. The van der Waals surface area contributed by atoms with Crippen molar-refractivity contribution in [1.29, 1.82) is 0 Å². The van der Waals surface area contributed by atoms with Gasteiger partial charge in [-0.2, -0.15) is 0 Å². The zero-order valence-corrected chi connectivity index (χ0v) is 13.9. The Morgan fingerprint density at radius 1 is 1.21 bits per heavy atom. The molecule has 2 aromatic rings. The normalized spacial score (nSPS) is 13.9. The number of aliphatic imine (C=N–C) groups is 1. The second-order valence-corrected chi connectivity index (χ2v) is 5.37. The first kappa shape index (κ1) is 15.9. The van der Waals surface area contributed by atoms with Gasteiger partial charge in [0, 0.05) is 11.4 Å². The number of para-hydroxylation sites is 2. The van der Waals surface area contributed by atoms with Crippen LogP contribution < -0.4 is 15.0 Å². The first-order chi connectivity index (χ1) is 11.6. The van der Waals surface area contributed by atoms with E-state index in [0.29, 0.717) is 30.0 Å². The summed E-state index contributed by atoms with van der Waals surface area (Å²) in [5.41, 5.74) is 2.34. The Bertz CT molecular complexity index is 783. The number of hydrogen-bond donors (Lipinski definition) is 1. The van der Waals surface area contributed by atoms with Crippen LogP contribution in [0.2, 0.25) is 0 Å². The molecule has 1 aliphatic rings. The summed E-state index contributed by atoms with van der Waals surface area (Å²) in [5, 5.41) is 3.05. The Morgan fingerprint density at radius 2 is 1.92 bits per heavy atom. The standard InChI is InChI=1S/C17H19N5O2/c1-4-24-14-8-6-5-7-13(14)22-15(23)10-18-17(22)21-16-19-11(2)9-12(3)20-16/h5-9H,4,10H2,1-3H3,(H,18,19,20,21). The van der Waals surface area contributed by atoms with Gasteiger partial charge in [0.15, 0.2) is 0 Å². The summed E-state index contributed by atoms with van der Waals surface area (Å²) in [6.45, 7) is 6.28. The van der Waals surface area contributed by atoms with E-state index in [1.54, 1.807) is 0 Å². The Hall–Kier alpha value is -2.96. The molecule has 0 radical (unpaired) electrons. The number of guanidine groups is 1. The molecule has 0 fully saturated rings. The molecular weight excluding hydrogens is 306 g/mol. The van der Waals surface area contributed by atoms with Gasteiger partial charge in [0.25, 0.3) is 5.91 Å². The van der Waals surface area contributed by atoms with Gasteiger partial charge in [0.2, 0.25) is 11.9 Å². The molecule has 1 amide bonds. The minimum Gasteiger partial charge on any atom is -0.492 e. The van der Waals surface area contributed by atoms with Crippen LogP contribution >= 0.6 is 0 Å². The van der Waals surface area contributed by atoms with E-state index in [1.807, 2.05) is 51.1 Å². The smallest absolute Gasteiger partial charge is 0.255 e. The third-order valence-electron chi connectivity index (χ3n) is 3.44. The van der Waals surface area contributed by atoms with Crippen LogP contribution in [0.25, 0.3) is 0 Å². The second kappa shape index (κ2) is 6.66. The fourth-order valence-corrected chi connectivity index (χ4v) is 2.55. The van der Waals surface area contributed by atoms with Crippen LogP contribution in [0.5, 0.6) is 5.75 Å². The molecule has 0 saturated heterocycles. The Balaban J connectivity index is 1.92. The predicted molar refractivity (Wildman–Crippen MR) is 92.5 cm³/mol. The number of aryl methyl sites for hydroxylation is 2. The number of hydrogen-bond acceptors (Lipinski definition) is 6. The van der Waals surface area contributed by atoms with E-state index in [4.69, 9.17) is 4.74 Å². The highest BCUT2D eigenvalue weighted by molar-refractivity contribution is 6.25. The summed E-state index contributed by atoms with van der Waals surface area (Å²) in [6.07, 6.45) is 0. The third kappa shape index (κ3) is 3.19. The van der Waals surface area contributed by atoms with Crippen molar-refractivity contribution in [3.05, 3.63) is 41.7 Å². The van der Waals surface area contributed by atoms with Crippen molar-refractivity contribution in [2.24, 2.45) is 4.99 Å². The fraction of sp³-hybridized carbons (Fsp3) is 0.294. The highest BCUT2D eigenvalue weighted by Crippen LogP contribution is 2.30. The number of anilines is 2. The van der Waals surface area contributed by atoms with Crippen molar-refractivity contribution in [2.75, 3.05) is 23.4 Å². The summed E-state index contributed by atoms with van der Waals surface area (Å²) in [5.74, 6) is 1.32. The van der Waals surface area contributed by atoms with Gasteiger partial charge < -0.3 is 4.74 Å². The predicted octanol–water partition coefficient (Wildman–Crippen LogP) is 2.31. The zero-order chi connectivity index (χ0) is 17.1. The lowest BCUT2D eigenvalue weighted by Gasteiger charge is -2.21. The molecule has 0 atom stereocenters. The largest absolute Gasteiger partial charge is 0.492 e. The van der Waals surface area contributed by atoms with Crippen LogP contribution in [0.15, 0.2) is 35.3 Å². The lowest BCUT2D eigenvalue weighted by molar-refractivity contribution is -0.115. The third-order valence-corrected chi connectivity index (χ3v) is 3.44. The van der Waals surface area contributed by atoms with Gasteiger partial charge in [0.1, 0.15) is 12.3 Å². The number of aromatic nitrogens is 2. The average molecular weight is 325 g/mol. The van der Waals surface area contributed by atoms with E-state index >= 15 is 0 Å². The maximum absolute atomic E-state index is 12.3. The molecule has 1 aliphatic heterocycles. The molecule has 7 heteroatoms. The molecule has 0 bridgehead atoms. The summed E-state index contributed by atoms with van der Waals surface area (Å²) < 4.78 is 5.63. The van der Waals surface area contributed by atoms with Crippen molar-refractivity contribution < 1.29 is 9.53 Å². The molecule has 3 rings (SSSR count). The minimum atomic E-state index is -0.131. The lowest BCUT2D eigenvalue weighted by atomic mass is 10.2. The minimum absolute atomic E-state index is 0.0770. The van der Waals surface area contributed by atoms with Crippen molar-refractivity contribution in [3.8, 4) is 5.75 Å². The number of nitrogens with one attached hydrogen (secondary N) is 1. The number of rotatable bonds is 4. The van der Waals surface area contributed by atoms with Crippen LogP contribution in [-0.2, 0) is 4.79 Å². The van der Waals surface area contributed by atoms with Crippen LogP contribution in [0.3, 0.4) is 0 Å². The van der Waals surface area contributed by atoms with Crippen LogP contribution in [0.1, 0.15) is 18.3 Å².